The van der Waals surface area contributed by atoms with Crippen molar-refractivity contribution in [1.82, 2.24) is 5.16 Å². The highest BCUT2D eigenvalue weighted by Gasteiger charge is 2.16. The smallest absolute Gasteiger partial charge is 0.181 e. The summed E-state index contributed by atoms with van der Waals surface area (Å²) in [6, 6.07) is 3.16. The Labute approximate surface area is 80.1 Å². The lowest BCUT2D eigenvalue weighted by atomic mass is 10.1. The minimum absolute atomic E-state index is 0.0684. The first-order valence-electron chi connectivity index (χ1n) is 4.20. The van der Waals surface area contributed by atoms with Gasteiger partial charge < -0.3 is 9.63 Å². The maximum absolute atomic E-state index is 11.2. The lowest BCUT2D eigenvalue weighted by Gasteiger charge is -1.99. The van der Waals surface area contributed by atoms with Crippen molar-refractivity contribution in [3.63, 3.8) is 0 Å². The summed E-state index contributed by atoms with van der Waals surface area (Å²) >= 11 is 0. The molecular formula is C10H9NO3. The number of Topliss-reactive ketones (excluding diaryl/α,β-unsaturated/α-hetero) is 1. The molecule has 1 aromatic carbocycles. The SMILES string of the molecule is CC(=O)c1c(O)ccc2c(C)noc12. The third kappa shape index (κ3) is 1.08. The van der Waals surface area contributed by atoms with Crippen molar-refractivity contribution in [2.24, 2.45) is 0 Å². The number of hydrogen-bond acceptors (Lipinski definition) is 4. The Balaban J connectivity index is 2.90. The van der Waals surface area contributed by atoms with Crippen molar-refractivity contribution in [2.75, 3.05) is 0 Å². The summed E-state index contributed by atoms with van der Waals surface area (Å²) < 4.78 is 4.99. The van der Waals surface area contributed by atoms with E-state index in [0.29, 0.717) is 11.3 Å². The predicted molar refractivity (Wildman–Crippen MR) is 50.4 cm³/mol. The molecule has 4 nitrogen and oxygen atoms in total. The maximum Gasteiger partial charge on any atom is 0.181 e. The first-order chi connectivity index (χ1) is 6.61. The number of carbonyl (C=O) groups is 1. The van der Waals surface area contributed by atoms with Crippen LogP contribution < -0.4 is 0 Å². The van der Waals surface area contributed by atoms with Gasteiger partial charge in [0.25, 0.3) is 0 Å². The fourth-order valence-corrected chi connectivity index (χ4v) is 1.46. The second-order valence-corrected chi connectivity index (χ2v) is 3.16. The second-order valence-electron chi connectivity index (χ2n) is 3.16. The zero-order valence-corrected chi connectivity index (χ0v) is 7.87. The van der Waals surface area contributed by atoms with Gasteiger partial charge in [0.05, 0.1) is 5.69 Å². The van der Waals surface area contributed by atoms with Crippen molar-refractivity contribution in [2.45, 2.75) is 13.8 Å². The molecule has 0 atom stereocenters. The molecule has 72 valence electrons. The van der Waals surface area contributed by atoms with Crippen LogP contribution in [0.15, 0.2) is 16.7 Å². The van der Waals surface area contributed by atoms with Gasteiger partial charge in [-0.05, 0) is 26.0 Å². The van der Waals surface area contributed by atoms with Crippen molar-refractivity contribution >= 4 is 16.8 Å². The first-order valence-corrected chi connectivity index (χ1v) is 4.20. The molecule has 1 aromatic heterocycles. The highest BCUT2D eigenvalue weighted by atomic mass is 16.5. The number of benzene rings is 1. The summed E-state index contributed by atoms with van der Waals surface area (Å²) in [6.07, 6.45) is 0. The van der Waals surface area contributed by atoms with E-state index in [-0.39, 0.29) is 17.1 Å². The number of phenolic OH excluding ortho intramolecular Hbond substituents is 1. The van der Waals surface area contributed by atoms with E-state index >= 15 is 0 Å². The number of phenols is 1. The second kappa shape index (κ2) is 2.83. The van der Waals surface area contributed by atoms with E-state index < -0.39 is 0 Å². The van der Waals surface area contributed by atoms with Gasteiger partial charge in [-0.1, -0.05) is 5.16 Å². The number of rotatable bonds is 1. The van der Waals surface area contributed by atoms with Gasteiger partial charge in [0, 0.05) is 5.39 Å². The Morgan fingerprint density at radius 2 is 2.21 bits per heavy atom. The fraction of sp³-hybridized carbons (Fsp3) is 0.200. The van der Waals surface area contributed by atoms with E-state index in [0.717, 1.165) is 5.39 Å². The summed E-state index contributed by atoms with van der Waals surface area (Å²) in [5, 5.41) is 14.0. The van der Waals surface area contributed by atoms with Crippen LogP contribution in [0.4, 0.5) is 0 Å². The molecule has 0 radical (unpaired) electrons. The standard InChI is InChI=1S/C10H9NO3/c1-5-7-3-4-8(13)9(6(2)12)10(7)14-11-5/h3-4,13H,1-2H3. The van der Waals surface area contributed by atoms with Crippen molar-refractivity contribution in [3.05, 3.63) is 23.4 Å². The Bertz CT molecular complexity index is 513. The number of aryl methyl sites for hydroxylation is 1. The average molecular weight is 191 g/mol. The van der Waals surface area contributed by atoms with Gasteiger partial charge in [0.15, 0.2) is 11.4 Å². The summed E-state index contributed by atoms with van der Waals surface area (Å²) in [7, 11) is 0. The molecule has 0 saturated heterocycles. The summed E-state index contributed by atoms with van der Waals surface area (Å²) in [6.45, 7) is 3.17. The molecule has 0 fully saturated rings. The van der Waals surface area contributed by atoms with Gasteiger partial charge in [-0.25, -0.2) is 0 Å². The molecule has 0 saturated carbocycles. The summed E-state index contributed by atoms with van der Waals surface area (Å²) in [5.41, 5.74) is 1.26. The molecule has 0 aliphatic heterocycles. The van der Waals surface area contributed by atoms with Crippen LogP contribution in [-0.2, 0) is 0 Å². The zero-order valence-electron chi connectivity index (χ0n) is 7.87. The average Bonchev–Trinajstić information content (AvgIpc) is 2.47. The molecule has 0 spiro atoms. The van der Waals surface area contributed by atoms with Crippen LogP contribution in [0.3, 0.4) is 0 Å². The van der Waals surface area contributed by atoms with E-state index in [1.807, 2.05) is 0 Å². The molecule has 0 unspecified atom stereocenters. The van der Waals surface area contributed by atoms with Crippen LogP contribution in [0.2, 0.25) is 0 Å². The number of ketones is 1. The monoisotopic (exact) mass is 191 g/mol. The molecule has 1 heterocycles. The minimum Gasteiger partial charge on any atom is -0.507 e. The fourth-order valence-electron chi connectivity index (χ4n) is 1.46. The zero-order chi connectivity index (χ0) is 10.3. The maximum atomic E-state index is 11.2. The quantitative estimate of drug-likeness (QED) is 0.700. The van der Waals surface area contributed by atoms with E-state index in [1.54, 1.807) is 13.0 Å². The van der Waals surface area contributed by atoms with Gasteiger partial charge in [-0.2, -0.15) is 0 Å². The van der Waals surface area contributed by atoms with Crippen LogP contribution in [0.1, 0.15) is 23.0 Å². The minimum atomic E-state index is -0.232. The highest BCUT2D eigenvalue weighted by Crippen LogP contribution is 2.29. The largest absolute Gasteiger partial charge is 0.507 e. The number of carbonyl (C=O) groups excluding carboxylic acids is 1. The molecule has 0 aliphatic carbocycles. The Morgan fingerprint density at radius 1 is 1.50 bits per heavy atom. The van der Waals surface area contributed by atoms with Crippen molar-refractivity contribution in [1.29, 1.82) is 0 Å². The number of nitrogens with zero attached hydrogens (tertiary/aromatic N) is 1. The number of aromatic hydroxyl groups is 1. The van der Waals surface area contributed by atoms with Crippen LogP contribution in [0.25, 0.3) is 11.0 Å². The highest BCUT2D eigenvalue weighted by molar-refractivity contribution is 6.07. The van der Waals surface area contributed by atoms with Gasteiger partial charge in [-0.3, -0.25) is 4.79 Å². The summed E-state index contributed by atoms with van der Waals surface area (Å²) in [5.74, 6) is -0.301. The van der Waals surface area contributed by atoms with Crippen LogP contribution in [0.5, 0.6) is 5.75 Å². The van der Waals surface area contributed by atoms with Gasteiger partial charge >= 0.3 is 0 Å². The van der Waals surface area contributed by atoms with Crippen LogP contribution in [0, 0.1) is 6.92 Å². The predicted octanol–water partition coefficient (Wildman–Crippen LogP) is 2.04. The van der Waals surface area contributed by atoms with Crippen LogP contribution in [-0.4, -0.2) is 16.0 Å². The topological polar surface area (TPSA) is 63.3 Å². The Morgan fingerprint density at radius 3 is 2.86 bits per heavy atom. The Hall–Kier alpha value is -1.84. The number of fused-ring (bicyclic) bond motifs is 1. The van der Waals surface area contributed by atoms with E-state index in [2.05, 4.69) is 5.16 Å². The molecule has 0 aliphatic rings. The van der Waals surface area contributed by atoms with Crippen LogP contribution >= 0.6 is 0 Å². The molecule has 14 heavy (non-hydrogen) atoms. The summed E-state index contributed by atoms with van der Waals surface area (Å²) in [4.78, 5) is 11.2. The molecular weight excluding hydrogens is 182 g/mol. The normalized spacial score (nSPS) is 10.7. The third-order valence-corrected chi connectivity index (χ3v) is 2.15. The number of aromatic nitrogens is 1. The molecule has 4 heteroatoms. The van der Waals surface area contributed by atoms with Gasteiger partial charge in [0.2, 0.25) is 0 Å². The van der Waals surface area contributed by atoms with E-state index in [9.17, 15) is 9.90 Å². The van der Waals surface area contributed by atoms with E-state index in [4.69, 9.17) is 4.52 Å². The molecule has 2 aromatic rings. The molecule has 0 amide bonds. The number of hydrogen-bond donors (Lipinski definition) is 1. The Kier molecular flexibility index (Phi) is 1.77. The first kappa shape index (κ1) is 8.74. The lowest BCUT2D eigenvalue weighted by Crippen LogP contribution is -1.93. The molecule has 1 N–H and O–H groups in total. The molecule has 2 rings (SSSR count). The van der Waals surface area contributed by atoms with Gasteiger partial charge in [-0.15, -0.1) is 0 Å². The van der Waals surface area contributed by atoms with Crippen molar-refractivity contribution < 1.29 is 14.4 Å². The third-order valence-electron chi connectivity index (χ3n) is 2.15. The van der Waals surface area contributed by atoms with Gasteiger partial charge in [0.1, 0.15) is 11.3 Å². The lowest BCUT2D eigenvalue weighted by molar-refractivity contribution is 0.101. The van der Waals surface area contributed by atoms with Crippen molar-refractivity contribution in [3.8, 4) is 5.75 Å². The van der Waals surface area contributed by atoms with E-state index in [1.165, 1.54) is 13.0 Å². The molecule has 0 bridgehead atoms.